The molecule has 28 heavy (non-hydrogen) atoms. The van der Waals surface area contributed by atoms with Gasteiger partial charge in [-0.3, -0.25) is 0 Å². The molecule has 3 aromatic rings. The zero-order valence-corrected chi connectivity index (χ0v) is 15.3. The quantitative estimate of drug-likeness (QED) is 0.606. The molecule has 0 saturated heterocycles. The van der Waals surface area contributed by atoms with Crippen LogP contribution in [0.3, 0.4) is 0 Å². The standard InChI is InChI=1S/C19H16ClF2N5O/c20-11-3-1-10(2-4-11)16-17(25-19(28)24-13-6-7-13)18(23)27(26-16)15-9-12(21)5-8-14(15)22/h1-5,8-9,13H,6-7,23H2,(H2,24,25,28). The molecule has 2 aromatic carbocycles. The summed E-state index contributed by atoms with van der Waals surface area (Å²) < 4.78 is 29.0. The van der Waals surface area contributed by atoms with Crippen LogP contribution < -0.4 is 16.4 Å². The second-order valence-corrected chi connectivity index (χ2v) is 6.93. The van der Waals surface area contributed by atoms with Crippen molar-refractivity contribution in [2.45, 2.75) is 18.9 Å². The van der Waals surface area contributed by atoms with Gasteiger partial charge in [-0.25, -0.2) is 18.3 Å². The number of halogens is 3. The van der Waals surface area contributed by atoms with Crippen LogP contribution in [-0.2, 0) is 0 Å². The number of carbonyl (C=O) groups is 1. The number of nitrogens with two attached hydrogens (primary N) is 1. The predicted molar refractivity (Wildman–Crippen MR) is 104 cm³/mol. The van der Waals surface area contributed by atoms with Crippen LogP contribution in [0.5, 0.6) is 0 Å². The Morgan fingerprint density at radius 2 is 1.89 bits per heavy atom. The first-order valence-corrected chi connectivity index (χ1v) is 8.97. The third-order valence-electron chi connectivity index (χ3n) is 4.33. The van der Waals surface area contributed by atoms with Gasteiger partial charge in [-0.1, -0.05) is 23.7 Å². The number of benzene rings is 2. The van der Waals surface area contributed by atoms with Gasteiger partial charge in [0.15, 0.2) is 5.82 Å². The Morgan fingerprint density at radius 3 is 2.57 bits per heavy atom. The number of amides is 2. The van der Waals surface area contributed by atoms with Crippen LogP contribution in [0.1, 0.15) is 12.8 Å². The van der Waals surface area contributed by atoms with Gasteiger partial charge in [-0.05, 0) is 37.1 Å². The minimum atomic E-state index is -0.702. The second-order valence-electron chi connectivity index (χ2n) is 6.50. The molecule has 1 heterocycles. The van der Waals surface area contributed by atoms with Crippen molar-refractivity contribution in [1.29, 1.82) is 0 Å². The van der Waals surface area contributed by atoms with E-state index in [0.717, 1.165) is 35.7 Å². The summed E-state index contributed by atoms with van der Waals surface area (Å²) >= 11 is 5.94. The number of nitrogens with zero attached hydrogens (tertiary/aromatic N) is 2. The summed E-state index contributed by atoms with van der Waals surface area (Å²) in [6.07, 6.45) is 1.83. The Morgan fingerprint density at radius 1 is 1.18 bits per heavy atom. The predicted octanol–water partition coefficient (Wildman–Crippen LogP) is 4.34. The molecule has 4 N–H and O–H groups in total. The van der Waals surface area contributed by atoms with E-state index in [-0.39, 0.29) is 23.2 Å². The molecule has 4 rings (SSSR count). The van der Waals surface area contributed by atoms with Crippen molar-refractivity contribution in [3.63, 3.8) is 0 Å². The van der Waals surface area contributed by atoms with Crippen molar-refractivity contribution < 1.29 is 13.6 Å². The first-order chi connectivity index (χ1) is 13.4. The first kappa shape index (κ1) is 18.2. The van der Waals surface area contributed by atoms with Gasteiger partial charge in [-0.2, -0.15) is 5.10 Å². The van der Waals surface area contributed by atoms with Crippen LogP contribution >= 0.6 is 11.6 Å². The molecule has 1 fully saturated rings. The summed E-state index contributed by atoms with van der Waals surface area (Å²) in [5.74, 6) is -1.37. The number of hydrogen-bond acceptors (Lipinski definition) is 3. The van der Waals surface area contributed by atoms with Crippen molar-refractivity contribution in [1.82, 2.24) is 15.1 Å². The van der Waals surface area contributed by atoms with Gasteiger partial charge >= 0.3 is 6.03 Å². The maximum Gasteiger partial charge on any atom is 0.319 e. The number of nitrogen functional groups attached to an aromatic ring is 1. The zero-order chi connectivity index (χ0) is 19.8. The third kappa shape index (κ3) is 3.63. The monoisotopic (exact) mass is 403 g/mol. The number of anilines is 2. The average Bonchev–Trinajstić information content (AvgIpc) is 3.42. The van der Waals surface area contributed by atoms with Gasteiger partial charge in [0.05, 0.1) is 0 Å². The molecule has 6 nitrogen and oxygen atoms in total. The number of nitrogens with one attached hydrogen (secondary N) is 2. The van der Waals surface area contributed by atoms with Crippen LogP contribution in [0, 0.1) is 11.6 Å². The van der Waals surface area contributed by atoms with E-state index in [9.17, 15) is 13.6 Å². The molecule has 1 aliphatic rings. The lowest BCUT2D eigenvalue weighted by atomic mass is 10.1. The highest BCUT2D eigenvalue weighted by Crippen LogP contribution is 2.35. The zero-order valence-electron chi connectivity index (χ0n) is 14.5. The summed E-state index contributed by atoms with van der Waals surface area (Å²) in [7, 11) is 0. The fourth-order valence-electron chi connectivity index (χ4n) is 2.76. The smallest absolute Gasteiger partial charge is 0.319 e. The van der Waals surface area contributed by atoms with E-state index in [1.165, 1.54) is 0 Å². The number of hydrogen-bond donors (Lipinski definition) is 3. The number of urea groups is 1. The minimum Gasteiger partial charge on any atom is -0.382 e. The van der Waals surface area contributed by atoms with Crippen molar-refractivity contribution in [2.24, 2.45) is 0 Å². The van der Waals surface area contributed by atoms with Crippen molar-refractivity contribution in [3.8, 4) is 16.9 Å². The fourth-order valence-corrected chi connectivity index (χ4v) is 2.88. The lowest BCUT2D eigenvalue weighted by Gasteiger charge is -2.09. The maximum atomic E-state index is 14.3. The summed E-state index contributed by atoms with van der Waals surface area (Å²) in [5.41, 5.74) is 7.11. The molecule has 0 unspecified atom stereocenters. The summed E-state index contributed by atoms with van der Waals surface area (Å²) in [6.45, 7) is 0. The highest BCUT2D eigenvalue weighted by Gasteiger charge is 2.26. The van der Waals surface area contributed by atoms with E-state index < -0.39 is 17.7 Å². The van der Waals surface area contributed by atoms with Gasteiger partial charge in [0.2, 0.25) is 0 Å². The lowest BCUT2D eigenvalue weighted by Crippen LogP contribution is -2.30. The van der Waals surface area contributed by atoms with E-state index in [2.05, 4.69) is 15.7 Å². The molecular weight excluding hydrogens is 388 g/mol. The van der Waals surface area contributed by atoms with Crippen molar-refractivity contribution in [3.05, 3.63) is 59.1 Å². The highest BCUT2D eigenvalue weighted by atomic mass is 35.5. The molecule has 0 spiro atoms. The van der Waals surface area contributed by atoms with Gasteiger partial charge in [0.1, 0.15) is 28.7 Å². The van der Waals surface area contributed by atoms with E-state index in [0.29, 0.717) is 16.3 Å². The van der Waals surface area contributed by atoms with Gasteiger partial charge in [0.25, 0.3) is 0 Å². The Bertz CT molecular complexity index is 1050. The summed E-state index contributed by atoms with van der Waals surface area (Å²) in [6, 6.07) is 9.37. The van der Waals surface area contributed by atoms with E-state index in [1.807, 2.05) is 0 Å². The minimum absolute atomic E-state index is 0.0274. The topological polar surface area (TPSA) is 85.0 Å². The fraction of sp³-hybridized carbons (Fsp3) is 0.158. The maximum absolute atomic E-state index is 14.3. The number of rotatable bonds is 4. The molecule has 2 amide bonds. The Kier molecular flexibility index (Phi) is 4.64. The molecule has 0 bridgehead atoms. The number of aromatic nitrogens is 2. The molecule has 144 valence electrons. The van der Waals surface area contributed by atoms with E-state index in [1.54, 1.807) is 24.3 Å². The first-order valence-electron chi connectivity index (χ1n) is 8.60. The molecule has 0 atom stereocenters. The summed E-state index contributed by atoms with van der Waals surface area (Å²) in [4.78, 5) is 12.2. The molecular formula is C19H16ClF2N5O. The Labute approximate surface area is 164 Å². The molecule has 1 aliphatic carbocycles. The van der Waals surface area contributed by atoms with Crippen molar-refractivity contribution >= 4 is 29.1 Å². The van der Waals surface area contributed by atoms with Crippen LogP contribution in [0.15, 0.2) is 42.5 Å². The highest BCUT2D eigenvalue weighted by molar-refractivity contribution is 6.30. The van der Waals surface area contributed by atoms with Crippen LogP contribution in [0.25, 0.3) is 16.9 Å². The van der Waals surface area contributed by atoms with Gasteiger partial charge < -0.3 is 16.4 Å². The largest absolute Gasteiger partial charge is 0.382 e. The molecule has 0 radical (unpaired) electrons. The van der Waals surface area contributed by atoms with E-state index >= 15 is 0 Å². The molecule has 9 heteroatoms. The van der Waals surface area contributed by atoms with Gasteiger partial charge in [0, 0.05) is 22.7 Å². The lowest BCUT2D eigenvalue weighted by molar-refractivity contribution is 0.251. The molecule has 1 saturated carbocycles. The van der Waals surface area contributed by atoms with Crippen molar-refractivity contribution in [2.75, 3.05) is 11.1 Å². The van der Waals surface area contributed by atoms with Gasteiger partial charge in [-0.15, -0.1) is 0 Å². The van der Waals surface area contributed by atoms with Crippen LogP contribution in [-0.4, -0.2) is 21.9 Å². The Balaban J connectivity index is 1.81. The van der Waals surface area contributed by atoms with Crippen LogP contribution in [0.4, 0.5) is 25.1 Å². The summed E-state index contributed by atoms with van der Waals surface area (Å²) in [5, 5.41) is 10.3. The third-order valence-corrected chi connectivity index (χ3v) is 4.58. The van der Waals surface area contributed by atoms with E-state index in [4.69, 9.17) is 17.3 Å². The Hall–Kier alpha value is -3.13. The normalized spacial score (nSPS) is 13.4. The number of carbonyl (C=O) groups excluding carboxylic acids is 1. The molecule has 1 aromatic heterocycles. The van der Waals surface area contributed by atoms with Crippen LogP contribution in [0.2, 0.25) is 5.02 Å². The SMILES string of the molecule is Nc1c(NC(=O)NC2CC2)c(-c2ccc(Cl)cc2)nn1-c1cc(F)ccc1F. The second kappa shape index (κ2) is 7.12. The molecule has 0 aliphatic heterocycles. The average molecular weight is 404 g/mol.